The molecule has 1 aromatic rings. The van der Waals surface area contributed by atoms with E-state index in [4.69, 9.17) is 5.73 Å². The molecule has 4 N–H and O–H groups in total. The molecule has 2 aliphatic carbocycles. The highest BCUT2D eigenvalue weighted by Gasteiger charge is 2.34. The summed E-state index contributed by atoms with van der Waals surface area (Å²) < 4.78 is 0. The zero-order chi connectivity index (χ0) is 16.2. The summed E-state index contributed by atoms with van der Waals surface area (Å²) in [6.07, 6.45) is 7.92. The quantitative estimate of drug-likeness (QED) is 0.753. The third kappa shape index (κ3) is 4.47. The number of hydrogen-bond acceptors (Lipinski definition) is 3. The monoisotopic (exact) mass is 315 g/mol. The molecule has 0 aliphatic heterocycles. The van der Waals surface area contributed by atoms with Crippen molar-refractivity contribution < 1.29 is 9.59 Å². The Hall–Kier alpha value is -2.04. The molecule has 23 heavy (non-hydrogen) atoms. The fourth-order valence-electron chi connectivity index (χ4n) is 3.61. The summed E-state index contributed by atoms with van der Waals surface area (Å²) in [7, 11) is 0. The number of carbonyl (C=O) groups is 2. The first-order valence-corrected chi connectivity index (χ1v) is 8.55. The fraction of sp³-hybridized carbons (Fsp3) is 0.556. The molecule has 0 radical (unpaired) electrons. The normalized spacial score (nSPS) is 24.0. The minimum atomic E-state index is -0.541. The summed E-state index contributed by atoms with van der Waals surface area (Å²) in [5.74, 6) is 1.03. The van der Waals surface area contributed by atoms with Crippen LogP contribution >= 0.6 is 0 Å². The number of primary amides is 1. The maximum absolute atomic E-state index is 12.0. The molecule has 2 atom stereocenters. The van der Waals surface area contributed by atoms with Gasteiger partial charge in [-0.25, -0.2) is 0 Å². The molecule has 2 fully saturated rings. The van der Waals surface area contributed by atoms with E-state index in [9.17, 15) is 9.59 Å². The van der Waals surface area contributed by atoms with Gasteiger partial charge in [0.25, 0.3) is 5.91 Å². The van der Waals surface area contributed by atoms with E-state index in [1.165, 1.54) is 38.5 Å². The van der Waals surface area contributed by atoms with Crippen molar-refractivity contribution in [2.45, 2.75) is 44.6 Å². The lowest BCUT2D eigenvalue weighted by atomic mass is 9.82. The maximum atomic E-state index is 12.0. The third-order valence-corrected chi connectivity index (χ3v) is 4.92. The van der Waals surface area contributed by atoms with E-state index < -0.39 is 5.91 Å². The molecule has 0 unspecified atom stereocenters. The average Bonchev–Trinajstić information content (AvgIpc) is 3.38. The molecule has 124 valence electrons. The summed E-state index contributed by atoms with van der Waals surface area (Å²) in [6, 6.07) is 7.94. The predicted octanol–water partition coefficient (Wildman–Crippen LogP) is 2.28. The van der Waals surface area contributed by atoms with Crippen molar-refractivity contribution in [1.29, 1.82) is 0 Å². The molecular weight excluding hydrogens is 290 g/mol. The second kappa shape index (κ2) is 7.02. The van der Waals surface area contributed by atoms with Crippen molar-refractivity contribution in [1.82, 2.24) is 5.32 Å². The summed E-state index contributed by atoms with van der Waals surface area (Å²) >= 11 is 0. The largest absolute Gasteiger partial charge is 0.382 e. The van der Waals surface area contributed by atoms with E-state index in [0.717, 1.165) is 17.5 Å². The van der Waals surface area contributed by atoms with Crippen LogP contribution in [0.5, 0.6) is 0 Å². The van der Waals surface area contributed by atoms with Gasteiger partial charge in [-0.15, -0.1) is 0 Å². The molecule has 0 spiro atoms. The van der Waals surface area contributed by atoms with Crippen molar-refractivity contribution in [2.24, 2.45) is 17.6 Å². The lowest BCUT2D eigenvalue weighted by Crippen LogP contribution is -2.33. The van der Waals surface area contributed by atoms with E-state index >= 15 is 0 Å². The third-order valence-electron chi connectivity index (χ3n) is 4.92. The van der Waals surface area contributed by atoms with Gasteiger partial charge in [-0.05, 0) is 55.7 Å². The van der Waals surface area contributed by atoms with Crippen molar-refractivity contribution >= 4 is 17.5 Å². The maximum Gasteiger partial charge on any atom is 0.251 e. The van der Waals surface area contributed by atoms with Crippen LogP contribution in [0.4, 0.5) is 5.69 Å². The lowest BCUT2D eigenvalue weighted by Gasteiger charge is -2.30. The second-order valence-electron chi connectivity index (χ2n) is 6.84. The van der Waals surface area contributed by atoms with E-state index in [1.807, 2.05) is 18.2 Å². The number of rotatable bonds is 6. The zero-order valence-electron chi connectivity index (χ0n) is 13.4. The molecule has 1 aromatic carbocycles. The Balaban J connectivity index is 1.58. The highest BCUT2D eigenvalue weighted by Crippen LogP contribution is 2.44. The van der Waals surface area contributed by atoms with Gasteiger partial charge in [0.15, 0.2) is 0 Å². The second-order valence-corrected chi connectivity index (χ2v) is 6.84. The topological polar surface area (TPSA) is 84.2 Å². The Bertz CT molecular complexity index is 583. The molecule has 2 aliphatic rings. The highest BCUT2D eigenvalue weighted by molar-refractivity contribution is 5.97. The van der Waals surface area contributed by atoms with Crippen LogP contribution in [0.2, 0.25) is 0 Å². The fourth-order valence-corrected chi connectivity index (χ4v) is 3.61. The van der Waals surface area contributed by atoms with Crippen molar-refractivity contribution in [3.63, 3.8) is 0 Å². The Morgan fingerprint density at radius 1 is 1.13 bits per heavy atom. The van der Waals surface area contributed by atoms with Gasteiger partial charge in [0, 0.05) is 17.3 Å². The smallest absolute Gasteiger partial charge is 0.251 e. The molecule has 5 heteroatoms. The van der Waals surface area contributed by atoms with Gasteiger partial charge in [0.2, 0.25) is 5.91 Å². The first-order chi connectivity index (χ1) is 11.1. The molecule has 2 saturated carbocycles. The Labute approximate surface area is 137 Å². The predicted molar refractivity (Wildman–Crippen MR) is 90.1 cm³/mol. The summed E-state index contributed by atoms with van der Waals surface area (Å²) in [6.45, 7) is -0.137. The van der Waals surface area contributed by atoms with Crippen LogP contribution in [-0.2, 0) is 4.79 Å². The van der Waals surface area contributed by atoms with E-state index in [1.54, 1.807) is 6.07 Å². The van der Waals surface area contributed by atoms with Crippen molar-refractivity contribution in [2.75, 3.05) is 11.9 Å². The van der Waals surface area contributed by atoms with Crippen LogP contribution in [0.25, 0.3) is 0 Å². The van der Waals surface area contributed by atoms with Gasteiger partial charge < -0.3 is 16.4 Å². The van der Waals surface area contributed by atoms with Crippen LogP contribution < -0.4 is 16.4 Å². The van der Waals surface area contributed by atoms with Crippen molar-refractivity contribution in [3.05, 3.63) is 29.8 Å². The number of nitrogens with one attached hydrogen (secondary N) is 2. The molecule has 3 rings (SSSR count). The molecule has 0 saturated heterocycles. The number of nitrogens with two attached hydrogens (primary N) is 1. The van der Waals surface area contributed by atoms with Crippen LogP contribution in [-0.4, -0.2) is 24.4 Å². The number of amides is 2. The number of anilines is 1. The summed E-state index contributed by atoms with van der Waals surface area (Å²) in [4.78, 5) is 22.7. The Kier molecular flexibility index (Phi) is 4.84. The molecule has 0 aromatic heterocycles. The highest BCUT2D eigenvalue weighted by atomic mass is 16.2. The first-order valence-electron chi connectivity index (χ1n) is 8.55. The van der Waals surface area contributed by atoms with Gasteiger partial charge >= 0.3 is 0 Å². The van der Waals surface area contributed by atoms with Gasteiger partial charge in [0.1, 0.15) is 0 Å². The minimum absolute atomic E-state index is 0.137. The number of carbonyl (C=O) groups excluding carboxylic acids is 2. The van der Waals surface area contributed by atoms with E-state index in [0.29, 0.717) is 11.6 Å². The summed E-state index contributed by atoms with van der Waals surface area (Å²) in [5.41, 5.74) is 6.57. The van der Waals surface area contributed by atoms with Gasteiger partial charge in [-0.2, -0.15) is 0 Å². The Morgan fingerprint density at radius 2 is 1.96 bits per heavy atom. The van der Waals surface area contributed by atoms with Gasteiger partial charge in [0.05, 0.1) is 6.54 Å². The van der Waals surface area contributed by atoms with Crippen LogP contribution in [0.1, 0.15) is 48.9 Å². The van der Waals surface area contributed by atoms with E-state index in [2.05, 4.69) is 10.6 Å². The zero-order valence-corrected chi connectivity index (χ0v) is 13.4. The van der Waals surface area contributed by atoms with Crippen molar-refractivity contribution in [3.8, 4) is 0 Å². The first kappa shape index (κ1) is 15.8. The number of hydrogen-bond donors (Lipinski definition) is 3. The molecule has 5 nitrogen and oxygen atoms in total. The average molecular weight is 315 g/mol. The molecule has 0 bridgehead atoms. The van der Waals surface area contributed by atoms with Crippen LogP contribution in [0.3, 0.4) is 0 Å². The van der Waals surface area contributed by atoms with E-state index in [-0.39, 0.29) is 12.5 Å². The van der Waals surface area contributed by atoms with Gasteiger partial charge in [-0.3, -0.25) is 9.59 Å². The lowest BCUT2D eigenvalue weighted by molar-refractivity contribution is -0.117. The van der Waals surface area contributed by atoms with Crippen LogP contribution in [0, 0.1) is 11.8 Å². The Morgan fingerprint density at radius 3 is 2.70 bits per heavy atom. The van der Waals surface area contributed by atoms with Crippen LogP contribution in [0.15, 0.2) is 24.3 Å². The standard InChI is InChI=1S/C18H25N3O2/c19-17(22)11-20-18(23)14-4-2-6-16(10-14)21-15-5-1-3-13(9-15)12-7-8-12/h2,4,6,10,12-13,15,21H,1,3,5,7-9,11H2,(H2,19,22)(H,20,23)/t13-,15-/m0/s1. The number of benzene rings is 1. The molecule has 0 heterocycles. The molecular formula is C18H25N3O2. The summed E-state index contributed by atoms with van der Waals surface area (Å²) in [5, 5.41) is 6.10. The minimum Gasteiger partial charge on any atom is -0.382 e. The molecule has 2 amide bonds. The SMILES string of the molecule is NC(=O)CNC(=O)c1cccc(N[C@H]2CCC[C@H](C3CC3)C2)c1. The van der Waals surface area contributed by atoms with Gasteiger partial charge in [-0.1, -0.05) is 18.9 Å².